The van der Waals surface area contributed by atoms with Crippen molar-refractivity contribution >= 4 is 23.0 Å². The van der Waals surface area contributed by atoms with Crippen LogP contribution in [0.2, 0.25) is 0 Å². The highest BCUT2D eigenvalue weighted by atomic mass is 32.2. The first-order valence-electron chi connectivity index (χ1n) is 3.35. The topological polar surface area (TPSA) is 50.7 Å². The summed E-state index contributed by atoms with van der Waals surface area (Å²) in [5.41, 5.74) is 0. The number of amides is 1. The zero-order valence-electron chi connectivity index (χ0n) is 6.29. The van der Waals surface area contributed by atoms with Crippen molar-refractivity contribution in [3.8, 4) is 0 Å². The lowest BCUT2D eigenvalue weighted by Gasteiger charge is -2.10. The summed E-state index contributed by atoms with van der Waals surface area (Å²) in [5.74, 6) is 1.02. The van der Waals surface area contributed by atoms with Gasteiger partial charge in [-0.15, -0.1) is 0 Å². The van der Waals surface area contributed by atoms with E-state index in [1.807, 2.05) is 0 Å². The normalized spacial score (nSPS) is 17.0. The Hall–Kier alpha value is -0.710. The van der Waals surface area contributed by atoms with Gasteiger partial charge in [0, 0.05) is 12.3 Å². The summed E-state index contributed by atoms with van der Waals surface area (Å²) >= 11 is 1.54. The van der Waals surface area contributed by atoms with Gasteiger partial charge in [-0.1, -0.05) is 11.8 Å². The Bertz CT molecular complexity index is 181. The minimum Gasteiger partial charge on any atom is -0.453 e. The number of alkyl carbamates (subject to hydrolysis) is 1. The van der Waals surface area contributed by atoms with Crippen LogP contribution in [0.5, 0.6) is 0 Å². The number of nitrogens with zero attached hydrogens (tertiary/aromatic N) is 1. The van der Waals surface area contributed by atoms with E-state index >= 15 is 0 Å². The third kappa shape index (κ3) is 2.80. The van der Waals surface area contributed by atoms with Crippen LogP contribution in [0.15, 0.2) is 4.99 Å². The molecular weight excluding hydrogens is 164 g/mol. The van der Waals surface area contributed by atoms with Gasteiger partial charge in [-0.2, -0.15) is 0 Å². The van der Waals surface area contributed by atoms with Gasteiger partial charge in [0.1, 0.15) is 0 Å². The predicted molar refractivity (Wildman–Crippen MR) is 44.9 cm³/mol. The van der Waals surface area contributed by atoms with E-state index in [1.54, 1.807) is 11.8 Å². The number of carbonyl (C=O) groups excluding carboxylic acids is 1. The van der Waals surface area contributed by atoms with Gasteiger partial charge in [0.05, 0.1) is 7.11 Å². The molecule has 0 spiro atoms. The Morgan fingerprint density at radius 1 is 1.82 bits per heavy atom. The second-order valence-corrected chi connectivity index (χ2v) is 3.09. The number of aliphatic imine (C=N–C) groups is 1. The van der Waals surface area contributed by atoms with Crippen LogP contribution in [0.4, 0.5) is 4.79 Å². The fourth-order valence-electron chi connectivity index (χ4n) is 0.674. The maximum Gasteiger partial charge on any atom is 0.412 e. The molecule has 1 rings (SSSR count). The van der Waals surface area contributed by atoms with Crippen LogP contribution in [0.3, 0.4) is 0 Å². The Morgan fingerprint density at radius 2 is 2.64 bits per heavy atom. The molecule has 0 saturated carbocycles. The van der Waals surface area contributed by atoms with Crippen molar-refractivity contribution in [2.75, 3.05) is 19.4 Å². The third-order valence-corrected chi connectivity index (χ3v) is 2.19. The zero-order chi connectivity index (χ0) is 8.10. The summed E-state index contributed by atoms with van der Waals surface area (Å²) < 4.78 is 4.41. The summed E-state index contributed by atoms with van der Waals surface area (Å²) in [4.78, 5) is 14.7. The number of thioether (sulfide) groups is 1. The molecule has 0 aliphatic carbocycles. The van der Waals surface area contributed by atoms with Gasteiger partial charge in [-0.3, -0.25) is 10.3 Å². The first-order valence-corrected chi connectivity index (χ1v) is 4.33. The van der Waals surface area contributed by atoms with Crippen molar-refractivity contribution < 1.29 is 9.53 Å². The standard InChI is InChI=1S/C6H10N2O2S/c1-10-6(9)8-5-7-3-2-4-11-5/h2-4H2,1H3,(H,7,8,9). The number of methoxy groups -OCH3 is 1. The molecule has 5 heteroatoms. The van der Waals surface area contributed by atoms with E-state index in [0.29, 0.717) is 5.17 Å². The molecule has 0 radical (unpaired) electrons. The molecule has 0 fully saturated rings. The van der Waals surface area contributed by atoms with Crippen molar-refractivity contribution in [3.63, 3.8) is 0 Å². The second kappa shape index (κ2) is 4.23. The SMILES string of the molecule is COC(=O)NC1=NCCCS1. The summed E-state index contributed by atoms with van der Waals surface area (Å²) in [7, 11) is 1.34. The number of ether oxygens (including phenoxy) is 1. The van der Waals surface area contributed by atoms with Crippen LogP contribution < -0.4 is 5.32 Å². The molecule has 0 unspecified atom stereocenters. The highest BCUT2D eigenvalue weighted by Crippen LogP contribution is 2.09. The second-order valence-electron chi connectivity index (χ2n) is 2.01. The Morgan fingerprint density at radius 3 is 3.18 bits per heavy atom. The van der Waals surface area contributed by atoms with Crippen molar-refractivity contribution in [3.05, 3.63) is 0 Å². The minimum absolute atomic E-state index is 0.446. The van der Waals surface area contributed by atoms with Crippen molar-refractivity contribution in [2.45, 2.75) is 6.42 Å². The fraction of sp³-hybridized carbons (Fsp3) is 0.667. The molecule has 1 heterocycles. The molecule has 1 aliphatic rings. The molecule has 0 aromatic carbocycles. The molecule has 1 N–H and O–H groups in total. The van der Waals surface area contributed by atoms with Gasteiger partial charge in [-0.25, -0.2) is 4.79 Å². The molecule has 11 heavy (non-hydrogen) atoms. The van der Waals surface area contributed by atoms with Gasteiger partial charge in [-0.05, 0) is 6.42 Å². The molecule has 1 aliphatic heterocycles. The van der Waals surface area contributed by atoms with Crippen LogP contribution >= 0.6 is 11.8 Å². The van der Waals surface area contributed by atoms with Crippen LogP contribution in [-0.4, -0.2) is 30.7 Å². The lowest BCUT2D eigenvalue weighted by molar-refractivity contribution is 0.177. The number of hydrogen-bond donors (Lipinski definition) is 1. The Balaban J connectivity index is 2.35. The van der Waals surface area contributed by atoms with Crippen molar-refractivity contribution in [1.29, 1.82) is 0 Å². The first-order chi connectivity index (χ1) is 5.33. The summed E-state index contributed by atoms with van der Waals surface area (Å²) in [5, 5.41) is 3.19. The van der Waals surface area contributed by atoms with Crippen molar-refractivity contribution in [2.24, 2.45) is 4.99 Å². The quantitative estimate of drug-likeness (QED) is 0.592. The molecule has 0 aromatic heterocycles. The number of carbonyl (C=O) groups is 1. The average molecular weight is 174 g/mol. The Kier molecular flexibility index (Phi) is 3.22. The lowest BCUT2D eigenvalue weighted by Crippen LogP contribution is -2.29. The molecule has 0 aromatic rings. The van der Waals surface area contributed by atoms with Gasteiger partial charge < -0.3 is 4.74 Å². The van der Waals surface area contributed by atoms with E-state index in [0.717, 1.165) is 18.7 Å². The van der Waals surface area contributed by atoms with E-state index in [4.69, 9.17) is 0 Å². The monoisotopic (exact) mass is 174 g/mol. The third-order valence-electron chi connectivity index (χ3n) is 1.19. The van der Waals surface area contributed by atoms with Crippen LogP contribution in [0.1, 0.15) is 6.42 Å². The first kappa shape index (κ1) is 8.39. The summed E-state index contributed by atoms with van der Waals surface area (Å²) in [6.45, 7) is 0.798. The van der Waals surface area contributed by atoms with Gasteiger partial charge in [0.15, 0.2) is 5.17 Å². The average Bonchev–Trinajstić information content (AvgIpc) is 2.06. The van der Waals surface area contributed by atoms with E-state index < -0.39 is 6.09 Å². The smallest absolute Gasteiger partial charge is 0.412 e. The van der Waals surface area contributed by atoms with Crippen LogP contribution in [0, 0.1) is 0 Å². The van der Waals surface area contributed by atoms with E-state index in [2.05, 4.69) is 15.0 Å². The predicted octanol–water partition coefficient (Wildman–Crippen LogP) is 0.835. The highest BCUT2D eigenvalue weighted by molar-refractivity contribution is 8.13. The molecule has 0 atom stereocenters. The van der Waals surface area contributed by atoms with Crippen molar-refractivity contribution in [1.82, 2.24) is 5.32 Å². The van der Waals surface area contributed by atoms with Gasteiger partial charge in [0.25, 0.3) is 0 Å². The fourth-order valence-corrected chi connectivity index (χ4v) is 1.48. The molecule has 62 valence electrons. The lowest BCUT2D eigenvalue weighted by atomic mass is 10.5. The largest absolute Gasteiger partial charge is 0.453 e. The van der Waals surface area contributed by atoms with E-state index in [1.165, 1.54) is 7.11 Å². The maximum atomic E-state index is 10.7. The molecule has 0 bridgehead atoms. The zero-order valence-corrected chi connectivity index (χ0v) is 7.11. The van der Waals surface area contributed by atoms with E-state index in [-0.39, 0.29) is 0 Å². The highest BCUT2D eigenvalue weighted by Gasteiger charge is 2.08. The molecule has 0 saturated heterocycles. The van der Waals surface area contributed by atoms with Gasteiger partial charge >= 0.3 is 6.09 Å². The Labute approximate surface area is 69.4 Å². The van der Waals surface area contributed by atoms with Gasteiger partial charge in [0.2, 0.25) is 0 Å². The number of rotatable bonds is 0. The molecule has 4 nitrogen and oxygen atoms in total. The summed E-state index contributed by atoms with van der Waals surface area (Å²) in [6.07, 6.45) is 0.634. The number of hydrogen-bond acceptors (Lipinski definition) is 4. The number of amidine groups is 1. The van der Waals surface area contributed by atoms with Crippen LogP contribution in [-0.2, 0) is 4.74 Å². The molecule has 1 amide bonds. The summed E-state index contributed by atoms with van der Waals surface area (Å²) in [6, 6.07) is 0. The van der Waals surface area contributed by atoms with Crippen LogP contribution in [0.25, 0.3) is 0 Å². The molecular formula is C6H10N2O2S. The number of nitrogens with one attached hydrogen (secondary N) is 1. The maximum absolute atomic E-state index is 10.7. The minimum atomic E-state index is -0.446. The van der Waals surface area contributed by atoms with E-state index in [9.17, 15) is 4.79 Å².